The SMILES string of the molecule is Cc1ccc(C(N)C(C)Sc2ccc(F)cc2F)cc1. The average Bonchev–Trinajstić information content (AvgIpc) is 2.42. The van der Waals surface area contributed by atoms with Crippen LogP contribution >= 0.6 is 11.8 Å². The summed E-state index contributed by atoms with van der Waals surface area (Å²) in [6, 6.07) is 11.4. The minimum atomic E-state index is -0.567. The molecule has 2 aromatic rings. The number of hydrogen-bond donors (Lipinski definition) is 1. The molecular weight excluding hydrogens is 276 g/mol. The van der Waals surface area contributed by atoms with Gasteiger partial charge in [-0.1, -0.05) is 36.8 Å². The quantitative estimate of drug-likeness (QED) is 0.843. The van der Waals surface area contributed by atoms with E-state index in [0.717, 1.165) is 11.6 Å². The number of hydrogen-bond acceptors (Lipinski definition) is 2. The normalized spacial score (nSPS) is 14.1. The first-order valence-electron chi connectivity index (χ1n) is 6.41. The summed E-state index contributed by atoms with van der Waals surface area (Å²) in [5.41, 5.74) is 8.38. The second-order valence-corrected chi connectivity index (χ2v) is 6.25. The lowest BCUT2D eigenvalue weighted by molar-refractivity contribution is 0.565. The van der Waals surface area contributed by atoms with Gasteiger partial charge in [-0.05, 0) is 24.6 Å². The molecule has 0 fully saturated rings. The van der Waals surface area contributed by atoms with Gasteiger partial charge in [0.25, 0.3) is 0 Å². The molecule has 0 spiro atoms. The first-order valence-corrected chi connectivity index (χ1v) is 7.29. The first kappa shape index (κ1) is 15.0. The van der Waals surface area contributed by atoms with Gasteiger partial charge in [0, 0.05) is 22.3 Å². The van der Waals surface area contributed by atoms with Crippen LogP contribution in [0.15, 0.2) is 47.4 Å². The summed E-state index contributed by atoms with van der Waals surface area (Å²) in [7, 11) is 0. The van der Waals surface area contributed by atoms with Crippen LogP contribution in [0.3, 0.4) is 0 Å². The number of halogens is 2. The minimum Gasteiger partial charge on any atom is -0.323 e. The van der Waals surface area contributed by atoms with Crippen molar-refractivity contribution in [3.05, 3.63) is 65.2 Å². The van der Waals surface area contributed by atoms with Gasteiger partial charge in [-0.15, -0.1) is 11.8 Å². The van der Waals surface area contributed by atoms with E-state index < -0.39 is 11.6 Å². The number of rotatable bonds is 4. The van der Waals surface area contributed by atoms with Gasteiger partial charge in [0.15, 0.2) is 0 Å². The maximum absolute atomic E-state index is 13.6. The zero-order valence-corrected chi connectivity index (χ0v) is 12.3. The van der Waals surface area contributed by atoms with E-state index in [1.54, 1.807) is 0 Å². The summed E-state index contributed by atoms with van der Waals surface area (Å²) in [6.07, 6.45) is 0. The summed E-state index contributed by atoms with van der Waals surface area (Å²) in [4.78, 5) is 0.418. The average molecular weight is 293 g/mol. The third-order valence-corrected chi connectivity index (χ3v) is 4.42. The Kier molecular flexibility index (Phi) is 4.78. The highest BCUT2D eigenvalue weighted by atomic mass is 32.2. The van der Waals surface area contributed by atoms with Crippen molar-refractivity contribution in [2.75, 3.05) is 0 Å². The molecule has 0 aliphatic carbocycles. The predicted octanol–water partition coefficient (Wildman–Crippen LogP) is 4.45. The molecule has 0 amide bonds. The summed E-state index contributed by atoms with van der Waals surface area (Å²) < 4.78 is 26.5. The van der Waals surface area contributed by atoms with Gasteiger partial charge in [0.05, 0.1) is 0 Å². The Labute approximate surface area is 122 Å². The molecule has 0 saturated heterocycles. The van der Waals surface area contributed by atoms with Crippen molar-refractivity contribution in [2.45, 2.75) is 30.0 Å². The smallest absolute Gasteiger partial charge is 0.139 e. The molecular formula is C16H17F2NS. The highest BCUT2D eigenvalue weighted by Gasteiger charge is 2.18. The standard InChI is InChI=1S/C16H17F2NS/c1-10-3-5-12(6-4-10)16(19)11(2)20-15-8-7-13(17)9-14(15)18/h3-9,11,16H,19H2,1-2H3. The van der Waals surface area contributed by atoms with E-state index in [1.165, 1.54) is 29.5 Å². The lowest BCUT2D eigenvalue weighted by Crippen LogP contribution is -2.21. The largest absolute Gasteiger partial charge is 0.323 e. The Hall–Kier alpha value is -1.39. The lowest BCUT2D eigenvalue weighted by atomic mass is 10.0. The number of aryl methyl sites for hydroxylation is 1. The highest BCUT2D eigenvalue weighted by molar-refractivity contribution is 8.00. The molecule has 0 radical (unpaired) electrons. The summed E-state index contributed by atoms with van der Waals surface area (Å²) in [5.74, 6) is -1.11. The van der Waals surface area contributed by atoms with Crippen LogP contribution in [0.2, 0.25) is 0 Å². The highest BCUT2D eigenvalue weighted by Crippen LogP contribution is 2.32. The van der Waals surface area contributed by atoms with E-state index in [-0.39, 0.29) is 11.3 Å². The summed E-state index contributed by atoms with van der Waals surface area (Å²) >= 11 is 1.32. The first-order chi connectivity index (χ1) is 9.47. The van der Waals surface area contributed by atoms with E-state index in [1.807, 2.05) is 38.1 Å². The Bertz CT molecular complexity index is 584. The van der Waals surface area contributed by atoms with Crippen LogP contribution in [0.25, 0.3) is 0 Å². The summed E-state index contributed by atoms with van der Waals surface area (Å²) in [5, 5.41) is -0.0160. The molecule has 0 bridgehead atoms. The molecule has 2 rings (SSSR count). The van der Waals surface area contributed by atoms with E-state index in [2.05, 4.69) is 0 Å². The van der Waals surface area contributed by atoms with E-state index in [0.29, 0.717) is 4.90 Å². The number of nitrogens with two attached hydrogens (primary N) is 1. The van der Waals surface area contributed by atoms with Gasteiger partial charge in [-0.25, -0.2) is 8.78 Å². The van der Waals surface area contributed by atoms with Gasteiger partial charge in [-0.2, -0.15) is 0 Å². The van der Waals surface area contributed by atoms with Gasteiger partial charge < -0.3 is 5.73 Å². The third kappa shape index (κ3) is 3.58. The fourth-order valence-corrected chi connectivity index (χ4v) is 2.93. The molecule has 2 aromatic carbocycles. The second-order valence-electron chi connectivity index (χ2n) is 4.83. The molecule has 2 unspecified atom stereocenters. The monoisotopic (exact) mass is 293 g/mol. The predicted molar refractivity (Wildman–Crippen MR) is 79.8 cm³/mol. The number of thioether (sulfide) groups is 1. The molecule has 1 nitrogen and oxygen atoms in total. The fourth-order valence-electron chi connectivity index (χ4n) is 1.90. The molecule has 2 N–H and O–H groups in total. The molecule has 4 heteroatoms. The fraction of sp³-hybridized carbons (Fsp3) is 0.250. The molecule has 0 aliphatic rings. The summed E-state index contributed by atoms with van der Waals surface area (Å²) in [6.45, 7) is 3.96. The van der Waals surface area contributed by atoms with Crippen LogP contribution in [0.1, 0.15) is 24.1 Å². The Balaban J connectivity index is 2.11. The van der Waals surface area contributed by atoms with Crippen LogP contribution in [0.4, 0.5) is 8.78 Å². The van der Waals surface area contributed by atoms with E-state index >= 15 is 0 Å². The number of benzene rings is 2. The van der Waals surface area contributed by atoms with E-state index in [4.69, 9.17) is 5.73 Å². The van der Waals surface area contributed by atoms with Crippen LogP contribution in [-0.2, 0) is 0 Å². The van der Waals surface area contributed by atoms with Gasteiger partial charge in [-0.3, -0.25) is 0 Å². The Morgan fingerprint density at radius 2 is 1.70 bits per heavy atom. The van der Waals surface area contributed by atoms with Gasteiger partial charge in [0.2, 0.25) is 0 Å². The second kappa shape index (κ2) is 6.37. The lowest BCUT2D eigenvalue weighted by Gasteiger charge is -2.20. The van der Waals surface area contributed by atoms with Crippen molar-refractivity contribution >= 4 is 11.8 Å². The van der Waals surface area contributed by atoms with Crippen molar-refractivity contribution in [1.29, 1.82) is 0 Å². The molecule has 0 heterocycles. The van der Waals surface area contributed by atoms with Crippen molar-refractivity contribution in [2.24, 2.45) is 5.73 Å². The van der Waals surface area contributed by atoms with Crippen LogP contribution in [0.5, 0.6) is 0 Å². The molecule has 20 heavy (non-hydrogen) atoms. The van der Waals surface area contributed by atoms with Gasteiger partial charge >= 0.3 is 0 Å². The molecule has 0 aliphatic heterocycles. The molecule has 2 atom stereocenters. The maximum Gasteiger partial charge on any atom is 0.139 e. The molecule has 0 aromatic heterocycles. The van der Waals surface area contributed by atoms with Crippen molar-refractivity contribution in [3.63, 3.8) is 0 Å². The van der Waals surface area contributed by atoms with Crippen LogP contribution in [0, 0.1) is 18.6 Å². The molecule has 106 valence electrons. The zero-order valence-electron chi connectivity index (χ0n) is 11.4. The Morgan fingerprint density at radius 1 is 1.05 bits per heavy atom. The van der Waals surface area contributed by atoms with Crippen LogP contribution in [-0.4, -0.2) is 5.25 Å². The van der Waals surface area contributed by atoms with Crippen LogP contribution < -0.4 is 5.73 Å². The minimum absolute atomic E-state index is 0.0160. The third-order valence-electron chi connectivity index (χ3n) is 3.17. The van der Waals surface area contributed by atoms with Crippen molar-refractivity contribution in [1.82, 2.24) is 0 Å². The van der Waals surface area contributed by atoms with Gasteiger partial charge in [0.1, 0.15) is 11.6 Å². The van der Waals surface area contributed by atoms with Crippen molar-refractivity contribution in [3.8, 4) is 0 Å². The Morgan fingerprint density at radius 3 is 2.30 bits per heavy atom. The topological polar surface area (TPSA) is 26.0 Å². The molecule has 0 saturated carbocycles. The zero-order chi connectivity index (χ0) is 14.7. The maximum atomic E-state index is 13.6. The van der Waals surface area contributed by atoms with E-state index in [9.17, 15) is 8.78 Å². The van der Waals surface area contributed by atoms with Crippen molar-refractivity contribution < 1.29 is 8.78 Å².